The van der Waals surface area contributed by atoms with Crippen molar-refractivity contribution < 1.29 is 14.1 Å². The molecule has 1 heterocycles. The maximum Gasteiger partial charge on any atom is 0.304 e. The first-order valence-corrected chi connectivity index (χ1v) is 6.98. The first-order chi connectivity index (χ1) is 10.0. The van der Waals surface area contributed by atoms with Crippen LogP contribution >= 0.6 is 0 Å². The number of benzene rings is 1. The molecule has 114 valence electrons. The van der Waals surface area contributed by atoms with Gasteiger partial charge in [0.05, 0.1) is 4.92 Å². The van der Waals surface area contributed by atoms with Crippen LogP contribution in [0.4, 0.5) is 10.1 Å². The number of halogens is 1. The van der Waals surface area contributed by atoms with Crippen molar-refractivity contribution in [2.45, 2.75) is 25.8 Å². The molecule has 7 heteroatoms. The second-order valence-electron chi connectivity index (χ2n) is 5.13. The van der Waals surface area contributed by atoms with Crippen LogP contribution in [0.2, 0.25) is 0 Å². The minimum Gasteiger partial charge on any atom is -0.348 e. The van der Waals surface area contributed by atoms with E-state index in [-0.39, 0.29) is 11.6 Å². The lowest BCUT2D eigenvalue weighted by atomic mass is 10.0. The van der Waals surface area contributed by atoms with Gasteiger partial charge >= 0.3 is 5.69 Å². The molecule has 2 rings (SSSR count). The molecule has 1 saturated heterocycles. The molecule has 0 saturated carbocycles. The number of likely N-dealkylation sites (N-methyl/N-ethyl adjacent to an activating group) is 1. The van der Waals surface area contributed by atoms with Crippen molar-refractivity contribution in [3.05, 3.63) is 39.7 Å². The number of likely N-dealkylation sites (tertiary alicyclic amines) is 1. The van der Waals surface area contributed by atoms with Gasteiger partial charge < -0.3 is 10.2 Å². The van der Waals surface area contributed by atoms with Crippen molar-refractivity contribution in [1.82, 2.24) is 10.2 Å². The maximum atomic E-state index is 13.5. The van der Waals surface area contributed by atoms with Gasteiger partial charge in [0.15, 0.2) is 0 Å². The lowest BCUT2D eigenvalue weighted by Gasteiger charge is -2.32. The average molecular weight is 295 g/mol. The van der Waals surface area contributed by atoms with Gasteiger partial charge in [-0.05, 0) is 38.1 Å². The van der Waals surface area contributed by atoms with Gasteiger partial charge in [-0.3, -0.25) is 14.9 Å². The quantitative estimate of drug-likeness (QED) is 0.680. The van der Waals surface area contributed by atoms with Crippen molar-refractivity contribution in [3.8, 4) is 0 Å². The van der Waals surface area contributed by atoms with Crippen LogP contribution in [0.5, 0.6) is 0 Å². The lowest BCUT2D eigenvalue weighted by Crippen LogP contribution is -2.47. The van der Waals surface area contributed by atoms with Gasteiger partial charge in [-0.2, -0.15) is 4.39 Å². The molecule has 1 amide bonds. The van der Waals surface area contributed by atoms with Crippen molar-refractivity contribution in [2.75, 3.05) is 19.6 Å². The topological polar surface area (TPSA) is 75.5 Å². The van der Waals surface area contributed by atoms with E-state index >= 15 is 0 Å². The highest BCUT2D eigenvalue weighted by Crippen LogP contribution is 2.18. The number of nitrogens with zero attached hydrogens (tertiary/aromatic N) is 2. The first kappa shape index (κ1) is 15.4. The molecule has 0 bridgehead atoms. The van der Waals surface area contributed by atoms with E-state index in [1.54, 1.807) is 0 Å². The molecule has 1 aromatic rings. The highest BCUT2D eigenvalue weighted by Gasteiger charge is 2.22. The first-order valence-electron chi connectivity index (χ1n) is 6.98. The van der Waals surface area contributed by atoms with Gasteiger partial charge in [0, 0.05) is 24.2 Å². The normalized spacial score (nSPS) is 19.2. The highest BCUT2D eigenvalue weighted by molar-refractivity contribution is 5.94. The number of hydrogen-bond donors (Lipinski definition) is 1. The van der Waals surface area contributed by atoms with Gasteiger partial charge in [0.1, 0.15) is 0 Å². The van der Waals surface area contributed by atoms with E-state index in [1.165, 1.54) is 6.07 Å². The van der Waals surface area contributed by atoms with Crippen LogP contribution in [0.3, 0.4) is 0 Å². The lowest BCUT2D eigenvalue weighted by molar-refractivity contribution is -0.387. The molecule has 0 spiro atoms. The summed E-state index contributed by atoms with van der Waals surface area (Å²) in [6, 6.07) is 3.23. The number of carbonyl (C=O) groups is 1. The maximum absolute atomic E-state index is 13.5. The summed E-state index contributed by atoms with van der Waals surface area (Å²) < 4.78 is 13.5. The third-order valence-corrected chi connectivity index (χ3v) is 3.69. The predicted molar refractivity (Wildman–Crippen MR) is 75.7 cm³/mol. The van der Waals surface area contributed by atoms with Crippen LogP contribution in [0.25, 0.3) is 0 Å². The Balaban J connectivity index is 2.03. The number of nitro benzene ring substituents is 1. The Kier molecular flexibility index (Phi) is 4.85. The Labute approximate surface area is 122 Å². The molecule has 0 aliphatic carbocycles. The molecule has 21 heavy (non-hydrogen) atoms. The Morgan fingerprint density at radius 3 is 2.95 bits per heavy atom. The van der Waals surface area contributed by atoms with Gasteiger partial charge in [-0.15, -0.1) is 0 Å². The van der Waals surface area contributed by atoms with E-state index in [0.29, 0.717) is 0 Å². The van der Waals surface area contributed by atoms with Crippen LogP contribution in [-0.4, -0.2) is 41.4 Å². The van der Waals surface area contributed by atoms with E-state index in [9.17, 15) is 19.3 Å². The summed E-state index contributed by atoms with van der Waals surface area (Å²) in [5, 5.41) is 13.4. The van der Waals surface area contributed by atoms with E-state index in [1.807, 2.05) is 0 Å². The minimum atomic E-state index is -0.994. The number of hydrogen-bond acceptors (Lipinski definition) is 4. The third kappa shape index (κ3) is 3.75. The summed E-state index contributed by atoms with van der Waals surface area (Å²) in [4.78, 5) is 24.1. The van der Waals surface area contributed by atoms with Gasteiger partial charge in [0.25, 0.3) is 5.91 Å². The van der Waals surface area contributed by atoms with Gasteiger partial charge in [0.2, 0.25) is 5.82 Å². The van der Waals surface area contributed by atoms with Gasteiger partial charge in [-0.25, -0.2) is 0 Å². The number of amides is 1. The molecule has 1 unspecified atom stereocenters. The fourth-order valence-electron chi connectivity index (χ4n) is 2.53. The second-order valence-corrected chi connectivity index (χ2v) is 5.13. The number of nitrogens with one attached hydrogen (secondary N) is 1. The minimum absolute atomic E-state index is 0.0319. The second kappa shape index (κ2) is 6.62. The van der Waals surface area contributed by atoms with Crippen LogP contribution in [0.15, 0.2) is 18.2 Å². The highest BCUT2D eigenvalue weighted by atomic mass is 19.1. The molecule has 1 N–H and O–H groups in total. The molecule has 1 fully saturated rings. The zero-order valence-corrected chi connectivity index (χ0v) is 11.8. The summed E-state index contributed by atoms with van der Waals surface area (Å²) in [6.07, 6.45) is 1.89. The number of piperidine rings is 1. The van der Waals surface area contributed by atoms with Crippen LogP contribution in [0, 0.1) is 15.9 Å². The molecule has 1 atom stereocenters. The Morgan fingerprint density at radius 2 is 2.33 bits per heavy atom. The van der Waals surface area contributed by atoms with Gasteiger partial charge in [-0.1, -0.05) is 6.92 Å². The van der Waals surface area contributed by atoms with Crippen LogP contribution < -0.4 is 5.32 Å². The van der Waals surface area contributed by atoms with Crippen molar-refractivity contribution in [1.29, 1.82) is 0 Å². The Hall–Kier alpha value is -2.02. The Morgan fingerprint density at radius 1 is 1.57 bits per heavy atom. The number of nitro groups is 1. The summed E-state index contributed by atoms with van der Waals surface area (Å²) in [5.41, 5.74) is -0.520. The fraction of sp³-hybridized carbons (Fsp3) is 0.500. The number of carbonyl (C=O) groups excluding carboxylic acids is 1. The largest absolute Gasteiger partial charge is 0.348 e. The SMILES string of the molecule is CCN1CCCC(NC(=O)c2ccc([N+](=O)[O-])c(F)c2)C1. The molecular formula is C14H18FN3O3. The molecule has 6 nitrogen and oxygen atoms in total. The monoisotopic (exact) mass is 295 g/mol. The summed E-state index contributed by atoms with van der Waals surface area (Å²) >= 11 is 0. The molecular weight excluding hydrogens is 277 g/mol. The zero-order valence-electron chi connectivity index (χ0n) is 11.8. The number of rotatable bonds is 4. The van der Waals surface area contributed by atoms with Crippen LogP contribution in [0.1, 0.15) is 30.1 Å². The summed E-state index contributed by atoms with van der Waals surface area (Å²) in [7, 11) is 0. The van der Waals surface area contributed by atoms with E-state index < -0.39 is 22.3 Å². The Bertz CT molecular complexity index is 550. The predicted octanol–water partition coefficient (Wildman–Crippen LogP) is 1.95. The molecule has 1 aliphatic heterocycles. The molecule has 0 aromatic heterocycles. The molecule has 1 aromatic carbocycles. The van der Waals surface area contributed by atoms with E-state index in [0.717, 1.165) is 44.6 Å². The van der Waals surface area contributed by atoms with E-state index in [2.05, 4.69) is 17.1 Å². The standard InChI is InChI=1S/C14H18FN3O3/c1-2-17-7-3-4-11(9-17)16-14(19)10-5-6-13(18(20)21)12(15)8-10/h5-6,8,11H,2-4,7,9H2,1H3,(H,16,19). The fourth-order valence-corrected chi connectivity index (χ4v) is 2.53. The van der Waals surface area contributed by atoms with Crippen molar-refractivity contribution in [3.63, 3.8) is 0 Å². The van der Waals surface area contributed by atoms with E-state index in [4.69, 9.17) is 0 Å². The van der Waals surface area contributed by atoms with Crippen LogP contribution in [-0.2, 0) is 0 Å². The smallest absolute Gasteiger partial charge is 0.304 e. The molecule has 0 radical (unpaired) electrons. The van der Waals surface area contributed by atoms with Crippen molar-refractivity contribution in [2.24, 2.45) is 0 Å². The van der Waals surface area contributed by atoms with Crippen molar-refractivity contribution >= 4 is 11.6 Å². The summed E-state index contributed by atoms with van der Waals surface area (Å²) in [6.45, 7) is 4.79. The molecule has 1 aliphatic rings. The zero-order chi connectivity index (χ0) is 15.4. The average Bonchev–Trinajstić information content (AvgIpc) is 2.46. The third-order valence-electron chi connectivity index (χ3n) is 3.69. The summed E-state index contributed by atoms with van der Waals surface area (Å²) in [5.74, 6) is -1.39.